The first-order valence-electron chi connectivity index (χ1n) is 7.25. The number of hydrogen-bond donors (Lipinski definition) is 2. The third-order valence-electron chi connectivity index (χ3n) is 3.84. The zero-order chi connectivity index (χ0) is 16.4. The lowest BCUT2D eigenvalue weighted by Gasteiger charge is -2.15. The summed E-state index contributed by atoms with van der Waals surface area (Å²) in [6, 6.07) is 4.36. The molecule has 8 heteroatoms. The first-order valence-corrected chi connectivity index (χ1v) is 7.25. The summed E-state index contributed by atoms with van der Waals surface area (Å²) < 4.78 is 18.0. The standard InChI is InChI=1S/C15H16FN3O4/c16-10-1-2-11-12(5-10)18-15(17-11)9-3-4-19(6-9)13(20)7-23-8-14(21)22/h1-2,5,9H,3-4,6-8H2,(H,17,18)(H,21,22). The van der Waals surface area contributed by atoms with E-state index in [9.17, 15) is 14.0 Å². The van der Waals surface area contributed by atoms with Crippen LogP contribution in [0.25, 0.3) is 11.0 Å². The first-order chi connectivity index (χ1) is 11.0. The molecule has 2 heterocycles. The Hall–Kier alpha value is -2.48. The van der Waals surface area contributed by atoms with Gasteiger partial charge in [-0.15, -0.1) is 0 Å². The largest absolute Gasteiger partial charge is 0.480 e. The fourth-order valence-corrected chi connectivity index (χ4v) is 2.72. The number of rotatable bonds is 5. The molecule has 0 saturated carbocycles. The molecule has 0 bridgehead atoms. The molecule has 1 aromatic heterocycles. The number of hydrogen-bond acceptors (Lipinski definition) is 4. The number of carbonyl (C=O) groups is 2. The molecule has 1 atom stereocenters. The van der Waals surface area contributed by atoms with Crippen LogP contribution in [0.15, 0.2) is 18.2 Å². The van der Waals surface area contributed by atoms with Gasteiger partial charge in [0.25, 0.3) is 0 Å². The van der Waals surface area contributed by atoms with Crippen molar-refractivity contribution in [2.75, 3.05) is 26.3 Å². The number of likely N-dealkylation sites (tertiary alicyclic amines) is 1. The molecule has 1 unspecified atom stereocenters. The quantitative estimate of drug-likeness (QED) is 0.860. The average molecular weight is 321 g/mol. The summed E-state index contributed by atoms with van der Waals surface area (Å²) in [6.07, 6.45) is 0.743. The molecular formula is C15H16FN3O4. The third-order valence-corrected chi connectivity index (χ3v) is 3.84. The van der Waals surface area contributed by atoms with E-state index in [2.05, 4.69) is 9.97 Å². The van der Waals surface area contributed by atoms with Gasteiger partial charge in [0.1, 0.15) is 24.9 Å². The molecular weight excluding hydrogens is 305 g/mol. The maximum Gasteiger partial charge on any atom is 0.329 e. The van der Waals surface area contributed by atoms with Gasteiger partial charge in [0.15, 0.2) is 0 Å². The van der Waals surface area contributed by atoms with Gasteiger partial charge in [-0.05, 0) is 24.6 Å². The highest BCUT2D eigenvalue weighted by Gasteiger charge is 2.29. The minimum absolute atomic E-state index is 0.0499. The van der Waals surface area contributed by atoms with E-state index < -0.39 is 12.6 Å². The zero-order valence-corrected chi connectivity index (χ0v) is 12.3. The summed E-state index contributed by atoms with van der Waals surface area (Å²) in [7, 11) is 0. The summed E-state index contributed by atoms with van der Waals surface area (Å²) in [5, 5.41) is 8.48. The summed E-state index contributed by atoms with van der Waals surface area (Å²) in [6.45, 7) is 0.311. The van der Waals surface area contributed by atoms with Crippen LogP contribution in [0.4, 0.5) is 4.39 Å². The number of ether oxygens (including phenoxy) is 1. The lowest BCUT2D eigenvalue weighted by molar-refractivity contribution is -0.145. The molecule has 7 nitrogen and oxygen atoms in total. The van der Waals surface area contributed by atoms with Gasteiger partial charge in [-0.3, -0.25) is 4.79 Å². The minimum atomic E-state index is -1.10. The second-order valence-corrected chi connectivity index (χ2v) is 5.50. The van der Waals surface area contributed by atoms with E-state index in [4.69, 9.17) is 9.84 Å². The lowest BCUT2D eigenvalue weighted by atomic mass is 10.1. The van der Waals surface area contributed by atoms with Crippen LogP contribution in [-0.2, 0) is 14.3 Å². The lowest BCUT2D eigenvalue weighted by Crippen LogP contribution is -2.32. The number of imidazole rings is 1. The number of carbonyl (C=O) groups excluding carboxylic acids is 1. The molecule has 1 saturated heterocycles. The monoisotopic (exact) mass is 321 g/mol. The van der Waals surface area contributed by atoms with Gasteiger partial charge in [-0.25, -0.2) is 14.2 Å². The normalized spacial score (nSPS) is 17.8. The van der Waals surface area contributed by atoms with E-state index >= 15 is 0 Å². The van der Waals surface area contributed by atoms with E-state index in [-0.39, 0.29) is 24.2 Å². The fourth-order valence-electron chi connectivity index (χ4n) is 2.72. The van der Waals surface area contributed by atoms with Crippen molar-refractivity contribution in [1.82, 2.24) is 14.9 Å². The predicted octanol–water partition coefficient (Wildman–Crippen LogP) is 1.12. The SMILES string of the molecule is O=C(O)COCC(=O)N1CCC(c2nc3ccc(F)cc3[nH]2)C1. The minimum Gasteiger partial charge on any atom is -0.480 e. The van der Waals surface area contributed by atoms with Crippen molar-refractivity contribution in [2.45, 2.75) is 12.3 Å². The van der Waals surface area contributed by atoms with Crippen molar-refractivity contribution in [3.8, 4) is 0 Å². The maximum atomic E-state index is 13.2. The number of carboxylic acid groups (broad SMARTS) is 1. The molecule has 122 valence electrons. The van der Waals surface area contributed by atoms with Crippen molar-refractivity contribution in [2.24, 2.45) is 0 Å². The molecule has 1 fully saturated rings. The number of H-pyrrole nitrogens is 1. The first kappa shape index (κ1) is 15.4. The Kier molecular flexibility index (Phi) is 4.24. The number of fused-ring (bicyclic) bond motifs is 1. The van der Waals surface area contributed by atoms with Crippen LogP contribution in [-0.4, -0.2) is 58.2 Å². The van der Waals surface area contributed by atoms with E-state index in [1.807, 2.05) is 0 Å². The number of halogens is 1. The van der Waals surface area contributed by atoms with Crippen molar-refractivity contribution in [3.05, 3.63) is 29.8 Å². The Morgan fingerprint density at radius 2 is 2.26 bits per heavy atom. The zero-order valence-electron chi connectivity index (χ0n) is 12.3. The topological polar surface area (TPSA) is 95.5 Å². The molecule has 0 aliphatic carbocycles. The number of aliphatic carboxylic acids is 1. The van der Waals surface area contributed by atoms with Crippen molar-refractivity contribution >= 4 is 22.9 Å². The van der Waals surface area contributed by atoms with Crippen LogP contribution in [0.1, 0.15) is 18.2 Å². The summed E-state index contributed by atoms with van der Waals surface area (Å²) in [5.74, 6) is -0.893. The van der Waals surface area contributed by atoms with Crippen molar-refractivity contribution in [1.29, 1.82) is 0 Å². The van der Waals surface area contributed by atoms with Gasteiger partial charge in [-0.1, -0.05) is 0 Å². The molecule has 2 N–H and O–H groups in total. The number of benzene rings is 1. The second-order valence-electron chi connectivity index (χ2n) is 5.50. The Morgan fingerprint density at radius 3 is 3.04 bits per heavy atom. The second kappa shape index (κ2) is 6.33. The molecule has 3 rings (SSSR count). The number of aromatic nitrogens is 2. The molecule has 1 aliphatic heterocycles. The molecule has 1 amide bonds. The van der Waals surface area contributed by atoms with E-state index in [1.54, 1.807) is 11.0 Å². The van der Waals surface area contributed by atoms with Gasteiger partial charge >= 0.3 is 5.97 Å². The molecule has 1 aromatic carbocycles. The summed E-state index contributed by atoms with van der Waals surface area (Å²) in [4.78, 5) is 31.5. The van der Waals surface area contributed by atoms with Crippen LogP contribution in [0.5, 0.6) is 0 Å². The number of nitrogens with zero attached hydrogens (tertiary/aromatic N) is 2. The smallest absolute Gasteiger partial charge is 0.329 e. The van der Waals surface area contributed by atoms with Crippen LogP contribution >= 0.6 is 0 Å². The molecule has 1 aliphatic rings. The third kappa shape index (κ3) is 3.48. The van der Waals surface area contributed by atoms with Crippen LogP contribution in [0, 0.1) is 5.82 Å². The van der Waals surface area contributed by atoms with Crippen molar-refractivity contribution in [3.63, 3.8) is 0 Å². The van der Waals surface area contributed by atoms with Gasteiger partial charge in [0.05, 0.1) is 11.0 Å². The van der Waals surface area contributed by atoms with E-state index in [0.29, 0.717) is 24.1 Å². The Balaban J connectivity index is 1.62. The average Bonchev–Trinajstić information content (AvgIpc) is 3.12. The van der Waals surface area contributed by atoms with E-state index in [1.165, 1.54) is 12.1 Å². The van der Waals surface area contributed by atoms with Gasteiger partial charge in [0, 0.05) is 19.0 Å². The highest BCUT2D eigenvalue weighted by molar-refractivity contribution is 5.78. The van der Waals surface area contributed by atoms with Gasteiger partial charge < -0.3 is 19.7 Å². The molecule has 0 radical (unpaired) electrons. The Morgan fingerprint density at radius 1 is 1.43 bits per heavy atom. The van der Waals surface area contributed by atoms with Crippen LogP contribution < -0.4 is 0 Å². The highest BCUT2D eigenvalue weighted by atomic mass is 19.1. The summed E-state index contributed by atoms with van der Waals surface area (Å²) >= 11 is 0. The maximum absolute atomic E-state index is 13.2. The van der Waals surface area contributed by atoms with Gasteiger partial charge in [0.2, 0.25) is 5.91 Å². The van der Waals surface area contributed by atoms with Crippen LogP contribution in [0.3, 0.4) is 0 Å². The predicted molar refractivity (Wildman–Crippen MR) is 78.4 cm³/mol. The van der Waals surface area contributed by atoms with Gasteiger partial charge in [-0.2, -0.15) is 0 Å². The number of carboxylic acids is 1. The van der Waals surface area contributed by atoms with Crippen molar-refractivity contribution < 1.29 is 23.8 Å². The Bertz CT molecular complexity index is 745. The number of amides is 1. The Labute approximate surface area is 131 Å². The number of nitrogens with one attached hydrogen (secondary N) is 1. The fraction of sp³-hybridized carbons (Fsp3) is 0.400. The van der Waals surface area contributed by atoms with Crippen LogP contribution in [0.2, 0.25) is 0 Å². The molecule has 23 heavy (non-hydrogen) atoms. The molecule has 0 spiro atoms. The van der Waals surface area contributed by atoms with E-state index in [0.717, 1.165) is 12.2 Å². The summed E-state index contributed by atoms with van der Waals surface area (Å²) in [5.41, 5.74) is 1.32. The molecule has 2 aromatic rings. The highest BCUT2D eigenvalue weighted by Crippen LogP contribution is 2.27. The number of aromatic amines is 1.